The van der Waals surface area contributed by atoms with Crippen LogP contribution in [0.1, 0.15) is 0 Å². The number of likely N-dealkylation sites (N-methyl/N-ethyl adjacent to an activating group) is 1. The molecule has 0 aromatic carbocycles. The maximum absolute atomic E-state index is 11.9. The Morgan fingerprint density at radius 3 is 2.67 bits per heavy atom. The number of hydrogen-bond acceptors (Lipinski definition) is 5. The third-order valence-corrected chi connectivity index (χ3v) is 2.98. The monoisotopic (exact) mass is 253 g/mol. The molecule has 0 spiro atoms. The van der Waals surface area contributed by atoms with E-state index in [-0.39, 0.29) is 18.1 Å². The van der Waals surface area contributed by atoms with Crippen LogP contribution in [0, 0.1) is 10.1 Å². The van der Waals surface area contributed by atoms with Gasteiger partial charge in [-0.1, -0.05) is 0 Å². The molecule has 0 bridgehead atoms. The van der Waals surface area contributed by atoms with Gasteiger partial charge in [-0.15, -0.1) is 0 Å². The van der Waals surface area contributed by atoms with Gasteiger partial charge in [-0.25, -0.2) is 0 Å². The summed E-state index contributed by atoms with van der Waals surface area (Å²) in [5.74, 6) is -0.0545. The van der Waals surface area contributed by atoms with Crippen LogP contribution in [0.2, 0.25) is 0 Å². The van der Waals surface area contributed by atoms with Gasteiger partial charge in [-0.3, -0.25) is 19.6 Å². The lowest BCUT2D eigenvalue weighted by molar-refractivity contribution is -0.385. The van der Waals surface area contributed by atoms with Crippen molar-refractivity contribution >= 4 is 11.6 Å². The average molecular weight is 253 g/mol. The first-order valence-electron chi connectivity index (χ1n) is 5.69. The Kier molecular flexibility index (Phi) is 3.56. The summed E-state index contributed by atoms with van der Waals surface area (Å²) in [6.45, 7) is 3.14. The molecule has 1 fully saturated rings. The molecule has 0 atom stereocenters. The van der Waals surface area contributed by atoms with Crippen LogP contribution in [-0.4, -0.2) is 63.6 Å². The minimum atomic E-state index is -0.524. The summed E-state index contributed by atoms with van der Waals surface area (Å²) in [7, 11) is 2.01. The summed E-state index contributed by atoms with van der Waals surface area (Å²) in [6.07, 6.45) is 2.42. The van der Waals surface area contributed by atoms with Gasteiger partial charge in [-0.05, 0) is 7.05 Å². The summed E-state index contributed by atoms with van der Waals surface area (Å²) in [5.41, 5.74) is -0.0961. The lowest BCUT2D eigenvalue weighted by atomic mass is 10.3. The Morgan fingerprint density at radius 2 is 2.11 bits per heavy atom. The highest BCUT2D eigenvalue weighted by molar-refractivity contribution is 5.76. The minimum Gasteiger partial charge on any atom is -0.339 e. The maximum Gasteiger partial charge on any atom is 0.307 e. The predicted octanol–water partition coefficient (Wildman–Crippen LogP) is -0.435. The Hall–Kier alpha value is -1.96. The molecule has 0 saturated carbocycles. The molecule has 0 aliphatic carbocycles. The van der Waals surface area contributed by atoms with Crippen LogP contribution >= 0.6 is 0 Å². The molecule has 8 heteroatoms. The summed E-state index contributed by atoms with van der Waals surface area (Å²) in [5, 5.41) is 14.3. The van der Waals surface area contributed by atoms with Gasteiger partial charge in [0.1, 0.15) is 18.9 Å². The second kappa shape index (κ2) is 5.13. The second-order valence-corrected chi connectivity index (χ2v) is 4.34. The van der Waals surface area contributed by atoms with E-state index in [0.717, 1.165) is 19.3 Å². The fourth-order valence-electron chi connectivity index (χ4n) is 1.83. The molecule has 18 heavy (non-hydrogen) atoms. The Bertz CT molecular complexity index is 450. The molecule has 2 rings (SSSR count). The first-order chi connectivity index (χ1) is 8.56. The fraction of sp³-hybridized carbons (Fsp3) is 0.600. The SMILES string of the molecule is CN1CCN(C(=O)Cn2cc([N+](=O)[O-])cn2)CC1. The molecule has 2 heterocycles. The summed E-state index contributed by atoms with van der Waals surface area (Å²) >= 11 is 0. The van der Waals surface area contributed by atoms with Crippen LogP contribution in [0.3, 0.4) is 0 Å². The van der Waals surface area contributed by atoms with Crippen LogP contribution in [0.5, 0.6) is 0 Å². The van der Waals surface area contributed by atoms with Crippen LogP contribution in [0.15, 0.2) is 12.4 Å². The van der Waals surface area contributed by atoms with E-state index in [1.54, 1.807) is 4.90 Å². The molecule has 1 aromatic rings. The van der Waals surface area contributed by atoms with Gasteiger partial charge in [0.05, 0.1) is 4.92 Å². The second-order valence-electron chi connectivity index (χ2n) is 4.34. The third kappa shape index (κ3) is 2.83. The third-order valence-electron chi connectivity index (χ3n) is 2.98. The van der Waals surface area contributed by atoms with Gasteiger partial charge < -0.3 is 9.80 Å². The van der Waals surface area contributed by atoms with E-state index in [9.17, 15) is 14.9 Å². The molecule has 8 nitrogen and oxygen atoms in total. The van der Waals surface area contributed by atoms with Crippen LogP contribution in [0.4, 0.5) is 5.69 Å². The first-order valence-corrected chi connectivity index (χ1v) is 5.69. The highest BCUT2D eigenvalue weighted by Gasteiger charge is 2.20. The largest absolute Gasteiger partial charge is 0.339 e. The van der Waals surface area contributed by atoms with Gasteiger partial charge in [0.15, 0.2) is 0 Å². The van der Waals surface area contributed by atoms with E-state index in [1.165, 1.54) is 10.9 Å². The number of aromatic nitrogens is 2. The highest BCUT2D eigenvalue weighted by Crippen LogP contribution is 2.08. The van der Waals surface area contributed by atoms with Crippen LogP contribution < -0.4 is 0 Å². The van der Waals surface area contributed by atoms with Crippen molar-refractivity contribution in [3.63, 3.8) is 0 Å². The number of amides is 1. The zero-order valence-corrected chi connectivity index (χ0v) is 10.2. The highest BCUT2D eigenvalue weighted by atomic mass is 16.6. The van der Waals surface area contributed by atoms with Crippen molar-refractivity contribution in [3.05, 3.63) is 22.5 Å². The number of carbonyl (C=O) groups excluding carboxylic acids is 1. The van der Waals surface area contributed by atoms with Crippen molar-refractivity contribution in [2.45, 2.75) is 6.54 Å². The lowest BCUT2D eigenvalue weighted by Gasteiger charge is -2.32. The molecule has 98 valence electrons. The number of piperazine rings is 1. The number of carbonyl (C=O) groups is 1. The molecule has 0 N–H and O–H groups in total. The number of nitro groups is 1. The maximum atomic E-state index is 11.9. The van der Waals surface area contributed by atoms with Crippen LogP contribution in [0.25, 0.3) is 0 Å². The smallest absolute Gasteiger partial charge is 0.307 e. The number of rotatable bonds is 3. The zero-order chi connectivity index (χ0) is 13.1. The predicted molar refractivity (Wildman–Crippen MR) is 63.0 cm³/mol. The Labute approximate surface area is 104 Å². The Balaban J connectivity index is 1.92. The topological polar surface area (TPSA) is 84.5 Å². The van der Waals surface area contributed by atoms with Gasteiger partial charge >= 0.3 is 5.69 Å². The van der Waals surface area contributed by atoms with Gasteiger partial charge in [0, 0.05) is 26.2 Å². The molecule has 1 amide bonds. The molecule has 0 radical (unpaired) electrons. The number of nitrogens with zero attached hydrogens (tertiary/aromatic N) is 5. The summed E-state index contributed by atoms with van der Waals surface area (Å²) in [6, 6.07) is 0. The minimum absolute atomic E-state index is 0.0531. The molecular weight excluding hydrogens is 238 g/mol. The van der Waals surface area contributed by atoms with E-state index in [2.05, 4.69) is 10.00 Å². The van der Waals surface area contributed by atoms with E-state index in [0.29, 0.717) is 13.1 Å². The van der Waals surface area contributed by atoms with E-state index < -0.39 is 4.92 Å². The van der Waals surface area contributed by atoms with Crippen molar-refractivity contribution in [2.24, 2.45) is 0 Å². The number of hydrogen-bond donors (Lipinski definition) is 0. The normalized spacial score (nSPS) is 16.8. The molecule has 1 aromatic heterocycles. The van der Waals surface area contributed by atoms with E-state index in [4.69, 9.17) is 0 Å². The van der Waals surface area contributed by atoms with Crippen molar-refractivity contribution in [1.82, 2.24) is 19.6 Å². The quantitative estimate of drug-likeness (QED) is 0.539. The standard InChI is InChI=1S/C10H15N5O3/c1-12-2-4-13(5-3-12)10(16)8-14-7-9(6-11-14)15(17)18/h6-7H,2-5,8H2,1H3. The van der Waals surface area contributed by atoms with E-state index >= 15 is 0 Å². The summed E-state index contributed by atoms with van der Waals surface area (Å²) < 4.78 is 1.30. The molecule has 1 saturated heterocycles. The van der Waals surface area contributed by atoms with Crippen molar-refractivity contribution < 1.29 is 9.72 Å². The average Bonchev–Trinajstić information content (AvgIpc) is 2.78. The molecular formula is C10H15N5O3. The first kappa shape index (κ1) is 12.5. The molecule has 1 aliphatic heterocycles. The van der Waals surface area contributed by atoms with Crippen molar-refractivity contribution in [3.8, 4) is 0 Å². The summed E-state index contributed by atoms with van der Waals surface area (Å²) in [4.78, 5) is 25.8. The van der Waals surface area contributed by atoms with Gasteiger partial charge in [-0.2, -0.15) is 5.10 Å². The van der Waals surface area contributed by atoms with Gasteiger partial charge in [0.2, 0.25) is 5.91 Å². The zero-order valence-electron chi connectivity index (χ0n) is 10.2. The fourth-order valence-corrected chi connectivity index (χ4v) is 1.83. The van der Waals surface area contributed by atoms with E-state index in [1.807, 2.05) is 7.05 Å². The van der Waals surface area contributed by atoms with Crippen molar-refractivity contribution in [2.75, 3.05) is 33.2 Å². The van der Waals surface area contributed by atoms with Gasteiger partial charge in [0.25, 0.3) is 0 Å². The molecule has 0 unspecified atom stereocenters. The van der Waals surface area contributed by atoms with Crippen LogP contribution in [-0.2, 0) is 11.3 Å². The van der Waals surface area contributed by atoms with Crippen molar-refractivity contribution in [1.29, 1.82) is 0 Å². The lowest BCUT2D eigenvalue weighted by Crippen LogP contribution is -2.48. The Morgan fingerprint density at radius 1 is 1.44 bits per heavy atom. The molecule has 1 aliphatic rings.